The van der Waals surface area contributed by atoms with Gasteiger partial charge >= 0.3 is 10.5 Å². The molecule has 12 heteroatoms. The molecule has 0 spiro atoms. The van der Waals surface area contributed by atoms with Crippen LogP contribution in [-0.2, 0) is 25.3 Å². The third kappa shape index (κ3) is 5.21. The van der Waals surface area contributed by atoms with Crippen molar-refractivity contribution in [1.29, 1.82) is 0 Å². The highest BCUT2D eigenvalue weighted by molar-refractivity contribution is 8.13. The fourth-order valence-corrected chi connectivity index (χ4v) is 2.73. The maximum Gasteiger partial charge on any atom is 0.488 e. The third-order valence-electron chi connectivity index (χ3n) is 2.14. The van der Waals surface area contributed by atoms with E-state index < -0.39 is 31.1 Å². The van der Waals surface area contributed by atoms with Crippen LogP contribution >= 0.6 is 10.7 Å². The van der Waals surface area contributed by atoms with E-state index in [0.29, 0.717) is 0 Å². The molecule has 0 bridgehead atoms. The highest BCUT2D eigenvalue weighted by Crippen LogP contribution is 2.31. The zero-order valence-corrected chi connectivity index (χ0v) is 12.2. The Balaban J connectivity index is 3.46. The van der Waals surface area contributed by atoms with Crippen molar-refractivity contribution in [3.05, 3.63) is 33.7 Å². The number of halogens is 2. The van der Waals surface area contributed by atoms with E-state index in [-0.39, 0.29) is 16.8 Å². The molecule has 0 aliphatic rings. The second-order valence-electron chi connectivity index (χ2n) is 3.58. The molecule has 1 aromatic carbocycles. The molecule has 0 N–H and O–H groups in total. The number of hydrogen-bond donors (Lipinski definition) is 0. The lowest BCUT2D eigenvalue weighted by Crippen LogP contribution is -2.03. The maximum atomic E-state index is 12.5. The number of benzene rings is 1. The van der Waals surface area contributed by atoms with Crippen LogP contribution in [0.3, 0.4) is 0 Å². The summed E-state index contributed by atoms with van der Waals surface area (Å²) in [4.78, 5) is 2.49. The first-order valence-corrected chi connectivity index (χ1v) is 8.55. The summed E-state index contributed by atoms with van der Waals surface area (Å²) >= 11 is 0. The summed E-state index contributed by atoms with van der Waals surface area (Å²) in [7, 11) is -4.16. The minimum Gasteiger partial charge on any atom is -0.358 e. The van der Waals surface area contributed by atoms with Crippen LogP contribution in [0.25, 0.3) is 10.4 Å². The monoisotopic (exact) mass is 343 g/mol. The summed E-state index contributed by atoms with van der Waals surface area (Å²) in [6.45, 7) is 1.43. The summed E-state index contributed by atoms with van der Waals surface area (Å²) in [5.41, 5.74) is 8.53. The van der Waals surface area contributed by atoms with Gasteiger partial charge in [-0.15, -0.1) is 0 Å². The minimum absolute atomic E-state index is 0.0172. The molecule has 0 heterocycles. The van der Waals surface area contributed by atoms with Crippen LogP contribution in [0.4, 0.5) is 9.57 Å². The summed E-state index contributed by atoms with van der Waals surface area (Å²) in [5.74, 6) is -1.20. The van der Waals surface area contributed by atoms with Crippen molar-refractivity contribution in [1.82, 2.24) is 0 Å². The summed E-state index contributed by atoms with van der Waals surface area (Å²) in [6, 6.07) is 1.93. The molecular weight excluding hydrogens is 337 g/mol. The predicted octanol–water partition coefficient (Wildman–Crippen LogP) is 2.60. The molecule has 0 atom stereocenters. The first-order chi connectivity index (χ1) is 9.02. The van der Waals surface area contributed by atoms with Gasteiger partial charge < -0.3 is 4.18 Å². The number of azide groups is 1. The fourth-order valence-electron chi connectivity index (χ4n) is 1.38. The van der Waals surface area contributed by atoms with Crippen LogP contribution in [0, 0.1) is 6.92 Å². The van der Waals surface area contributed by atoms with E-state index >= 15 is 0 Å². The highest BCUT2D eigenvalue weighted by atomic mass is 35.7. The molecule has 0 saturated heterocycles. The summed E-state index contributed by atoms with van der Waals surface area (Å²) < 4.78 is 59.4. The molecule has 1 aromatic rings. The van der Waals surface area contributed by atoms with Gasteiger partial charge in [0, 0.05) is 21.3 Å². The second kappa shape index (κ2) is 5.83. The van der Waals surface area contributed by atoms with E-state index in [2.05, 4.69) is 14.2 Å². The van der Waals surface area contributed by atoms with Gasteiger partial charge in [0.1, 0.15) is 5.75 Å². The minimum atomic E-state index is -5.30. The van der Waals surface area contributed by atoms with Crippen molar-refractivity contribution in [3.8, 4) is 5.75 Å². The average molecular weight is 344 g/mol. The van der Waals surface area contributed by atoms with E-state index in [9.17, 15) is 20.7 Å². The van der Waals surface area contributed by atoms with Gasteiger partial charge in [0.15, 0.2) is 0 Å². The van der Waals surface area contributed by atoms with Crippen molar-refractivity contribution >= 4 is 35.9 Å². The summed E-state index contributed by atoms with van der Waals surface area (Å²) in [5, 5.41) is 3.23. The number of rotatable bonds is 5. The third-order valence-corrected chi connectivity index (χ3v) is 3.51. The van der Waals surface area contributed by atoms with Gasteiger partial charge in [-0.3, -0.25) is 0 Å². The molecule has 20 heavy (non-hydrogen) atoms. The van der Waals surface area contributed by atoms with E-state index in [4.69, 9.17) is 16.2 Å². The topological polar surface area (TPSA) is 126 Å². The number of hydrogen-bond acceptors (Lipinski definition) is 6. The lowest BCUT2D eigenvalue weighted by atomic mass is 10.1. The largest absolute Gasteiger partial charge is 0.488 e. The Hall–Kier alpha value is -1.55. The van der Waals surface area contributed by atoms with Crippen molar-refractivity contribution < 1.29 is 24.9 Å². The first kappa shape index (κ1) is 16.5. The van der Waals surface area contributed by atoms with Crippen LogP contribution in [0.5, 0.6) is 5.75 Å². The molecule has 0 aliphatic carbocycles. The van der Waals surface area contributed by atoms with Gasteiger partial charge in [-0.2, -0.15) is 8.42 Å². The highest BCUT2D eigenvalue weighted by Gasteiger charge is 2.17. The van der Waals surface area contributed by atoms with Crippen molar-refractivity contribution in [2.45, 2.75) is 12.7 Å². The lowest BCUT2D eigenvalue weighted by molar-refractivity contribution is 0.440. The first-order valence-electron chi connectivity index (χ1n) is 4.77. The summed E-state index contributed by atoms with van der Waals surface area (Å²) in [6.07, 6.45) is 0. The van der Waals surface area contributed by atoms with E-state index in [1.165, 1.54) is 6.92 Å². The van der Waals surface area contributed by atoms with Gasteiger partial charge in [0.05, 0.1) is 5.75 Å². The molecule has 0 saturated carbocycles. The molecular formula is C8H7ClFN3O5S2. The Bertz CT molecular complexity index is 787. The van der Waals surface area contributed by atoms with Crippen LogP contribution < -0.4 is 4.18 Å². The Morgan fingerprint density at radius 1 is 1.40 bits per heavy atom. The average Bonchev–Trinajstić information content (AvgIpc) is 2.20. The zero-order chi connectivity index (χ0) is 15.6. The standard InChI is InChI=1S/C8H7ClFN3O5S2/c1-5-6(4-19(9,14)15)2-7(18-20(10,16)17)3-8(5)12-13-11/h2-3H,4H2,1H3. The Morgan fingerprint density at radius 2 is 2.00 bits per heavy atom. The Kier molecular flexibility index (Phi) is 4.81. The van der Waals surface area contributed by atoms with Crippen molar-refractivity contribution in [2.75, 3.05) is 0 Å². The molecule has 110 valence electrons. The van der Waals surface area contributed by atoms with E-state index in [1.807, 2.05) is 0 Å². The van der Waals surface area contributed by atoms with Gasteiger partial charge in [0.25, 0.3) is 0 Å². The smallest absolute Gasteiger partial charge is 0.358 e. The molecule has 0 fully saturated rings. The Labute approximate surface area is 118 Å². The van der Waals surface area contributed by atoms with Crippen LogP contribution in [0.2, 0.25) is 0 Å². The molecule has 0 radical (unpaired) electrons. The van der Waals surface area contributed by atoms with Crippen LogP contribution in [0.1, 0.15) is 11.1 Å². The molecule has 0 aliphatic heterocycles. The molecule has 0 unspecified atom stereocenters. The van der Waals surface area contributed by atoms with Crippen molar-refractivity contribution in [2.24, 2.45) is 5.11 Å². The normalized spacial score (nSPS) is 11.8. The van der Waals surface area contributed by atoms with E-state index in [0.717, 1.165) is 12.1 Å². The lowest BCUT2D eigenvalue weighted by Gasteiger charge is -2.09. The maximum absolute atomic E-state index is 12.5. The Morgan fingerprint density at radius 3 is 2.45 bits per heavy atom. The van der Waals surface area contributed by atoms with Gasteiger partial charge in [-0.1, -0.05) is 9.00 Å². The SMILES string of the molecule is Cc1c(CS(=O)(=O)Cl)cc(OS(=O)(=O)F)cc1N=[N+]=[N-]. The van der Waals surface area contributed by atoms with Crippen molar-refractivity contribution in [3.63, 3.8) is 0 Å². The van der Waals surface area contributed by atoms with Gasteiger partial charge in [0.2, 0.25) is 9.05 Å². The molecule has 1 rings (SSSR count). The molecule has 8 nitrogen and oxygen atoms in total. The van der Waals surface area contributed by atoms with Crippen LogP contribution in [-0.4, -0.2) is 16.8 Å². The second-order valence-corrected chi connectivity index (χ2v) is 7.31. The van der Waals surface area contributed by atoms with Gasteiger partial charge in [-0.05, 0) is 35.7 Å². The van der Waals surface area contributed by atoms with Crippen LogP contribution in [0.15, 0.2) is 17.2 Å². The zero-order valence-electron chi connectivity index (χ0n) is 9.82. The molecule has 0 aromatic heterocycles. The quantitative estimate of drug-likeness (QED) is 0.351. The van der Waals surface area contributed by atoms with E-state index in [1.54, 1.807) is 0 Å². The molecule has 0 amide bonds. The number of nitrogens with zero attached hydrogens (tertiary/aromatic N) is 3. The van der Waals surface area contributed by atoms with Gasteiger partial charge in [-0.25, -0.2) is 8.42 Å². The fraction of sp³-hybridized carbons (Fsp3) is 0.250. The predicted molar refractivity (Wildman–Crippen MR) is 69.1 cm³/mol.